The summed E-state index contributed by atoms with van der Waals surface area (Å²) in [6.45, 7) is 6.88. The average molecular weight is 228 g/mol. The van der Waals surface area contributed by atoms with Crippen LogP contribution < -0.4 is 5.32 Å². The molecule has 0 saturated carbocycles. The fourth-order valence-electron chi connectivity index (χ4n) is 2.26. The molecule has 1 amide bonds. The summed E-state index contributed by atoms with van der Waals surface area (Å²) in [5, 5.41) is 12.8. The number of carbonyl (C=O) groups is 1. The quantitative estimate of drug-likeness (QED) is 0.671. The molecule has 0 aromatic rings. The summed E-state index contributed by atoms with van der Waals surface area (Å²) in [4.78, 5) is 13.5. The highest BCUT2D eigenvalue weighted by Crippen LogP contribution is 2.21. The van der Waals surface area contributed by atoms with Crippen molar-refractivity contribution in [3.8, 4) is 0 Å². The van der Waals surface area contributed by atoms with E-state index >= 15 is 0 Å². The number of carbonyl (C=O) groups excluding carboxylic acids is 1. The molecule has 0 spiro atoms. The molecule has 94 valence electrons. The van der Waals surface area contributed by atoms with Crippen molar-refractivity contribution in [2.45, 2.75) is 39.2 Å². The van der Waals surface area contributed by atoms with E-state index in [-0.39, 0.29) is 5.91 Å². The summed E-state index contributed by atoms with van der Waals surface area (Å²) >= 11 is 0. The number of β-amino-alcohol motifs (C(OH)–C–C–N with tert-alkyl or cyclic N) is 1. The van der Waals surface area contributed by atoms with E-state index in [0.717, 1.165) is 25.9 Å². The molecule has 2 N–H and O–H groups in total. The molecule has 0 radical (unpaired) electrons. The zero-order valence-corrected chi connectivity index (χ0v) is 10.4. The van der Waals surface area contributed by atoms with E-state index in [9.17, 15) is 9.90 Å². The largest absolute Gasteiger partial charge is 0.390 e. The Bertz CT molecular complexity index is 221. The van der Waals surface area contributed by atoms with Gasteiger partial charge in [0, 0.05) is 26.1 Å². The lowest BCUT2D eigenvalue weighted by Gasteiger charge is -2.20. The number of likely N-dealkylation sites (tertiary alicyclic amines) is 1. The Kier molecular flexibility index (Phi) is 5.77. The fraction of sp³-hybridized carbons (Fsp3) is 0.917. The van der Waals surface area contributed by atoms with Crippen LogP contribution in [-0.4, -0.2) is 48.2 Å². The van der Waals surface area contributed by atoms with Crippen LogP contribution in [-0.2, 0) is 4.79 Å². The van der Waals surface area contributed by atoms with E-state index in [1.165, 1.54) is 0 Å². The summed E-state index contributed by atoms with van der Waals surface area (Å²) < 4.78 is 0. The van der Waals surface area contributed by atoms with Gasteiger partial charge in [-0.3, -0.25) is 4.79 Å². The molecule has 0 aromatic carbocycles. The van der Waals surface area contributed by atoms with Crippen LogP contribution in [0.2, 0.25) is 0 Å². The molecule has 1 aliphatic heterocycles. The number of hydrogen-bond acceptors (Lipinski definition) is 3. The second kappa shape index (κ2) is 6.86. The van der Waals surface area contributed by atoms with Crippen LogP contribution in [0, 0.1) is 5.92 Å². The van der Waals surface area contributed by atoms with E-state index in [1.54, 1.807) is 0 Å². The molecule has 1 fully saturated rings. The standard InChI is InChI=1S/C12H24N2O2/c1-3-5-10-6-12(16)14(8-10)9-11(15)7-13-4-2/h10-11,13,15H,3-9H2,1-2H3. The molecule has 4 heteroatoms. The number of nitrogens with zero attached hydrogens (tertiary/aromatic N) is 1. The third-order valence-electron chi connectivity index (χ3n) is 3.05. The van der Waals surface area contributed by atoms with Crippen LogP contribution in [0.15, 0.2) is 0 Å². The van der Waals surface area contributed by atoms with Crippen molar-refractivity contribution in [2.75, 3.05) is 26.2 Å². The Morgan fingerprint density at radius 3 is 2.94 bits per heavy atom. The first-order chi connectivity index (χ1) is 7.67. The number of aliphatic hydroxyl groups is 1. The van der Waals surface area contributed by atoms with Gasteiger partial charge in [0.25, 0.3) is 0 Å². The van der Waals surface area contributed by atoms with Gasteiger partial charge in [0.05, 0.1) is 6.10 Å². The van der Waals surface area contributed by atoms with Crippen molar-refractivity contribution in [3.63, 3.8) is 0 Å². The van der Waals surface area contributed by atoms with E-state index in [1.807, 2.05) is 11.8 Å². The highest BCUT2D eigenvalue weighted by Gasteiger charge is 2.29. The zero-order valence-electron chi connectivity index (χ0n) is 10.4. The maximum atomic E-state index is 11.7. The molecular formula is C12H24N2O2. The molecule has 1 rings (SSSR count). The number of amides is 1. The second-order valence-electron chi connectivity index (χ2n) is 4.62. The Hall–Kier alpha value is -0.610. The van der Waals surface area contributed by atoms with Crippen molar-refractivity contribution < 1.29 is 9.90 Å². The second-order valence-corrected chi connectivity index (χ2v) is 4.62. The molecule has 1 heterocycles. The maximum absolute atomic E-state index is 11.7. The first-order valence-electron chi connectivity index (χ1n) is 6.33. The predicted molar refractivity (Wildman–Crippen MR) is 64.1 cm³/mol. The monoisotopic (exact) mass is 228 g/mol. The topological polar surface area (TPSA) is 52.6 Å². The van der Waals surface area contributed by atoms with Crippen LogP contribution in [0.3, 0.4) is 0 Å². The lowest BCUT2D eigenvalue weighted by atomic mass is 10.0. The predicted octanol–water partition coefficient (Wildman–Crippen LogP) is 0.605. The Morgan fingerprint density at radius 1 is 1.56 bits per heavy atom. The molecular weight excluding hydrogens is 204 g/mol. The molecule has 2 unspecified atom stereocenters. The van der Waals surface area contributed by atoms with Gasteiger partial charge in [-0.05, 0) is 18.9 Å². The number of hydrogen-bond donors (Lipinski definition) is 2. The lowest BCUT2D eigenvalue weighted by Crippen LogP contribution is -2.39. The third kappa shape index (κ3) is 4.10. The molecule has 1 aliphatic rings. The number of rotatable bonds is 7. The minimum Gasteiger partial charge on any atom is -0.390 e. The number of likely N-dealkylation sites (N-methyl/N-ethyl adjacent to an activating group) is 1. The van der Waals surface area contributed by atoms with E-state index in [2.05, 4.69) is 12.2 Å². The third-order valence-corrected chi connectivity index (χ3v) is 3.05. The lowest BCUT2D eigenvalue weighted by molar-refractivity contribution is -0.128. The van der Waals surface area contributed by atoms with Gasteiger partial charge in [-0.2, -0.15) is 0 Å². The number of aliphatic hydroxyl groups excluding tert-OH is 1. The SMILES string of the molecule is CCCC1CC(=O)N(CC(O)CNCC)C1. The molecule has 0 bridgehead atoms. The Labute approximate surface area is 98.0 Å². The average Bonchev–Trinajstić information content (AvgIpc) is 2.57. The normalized spacial score (nSPS) is 22.8. The van der Waals surface area contributed by atoms with Crippen LogP contribution in [0.4, 0.5) is 0 Å². The summed E-state index contributed by atoms with van der Waals surface area (Å²) in [7, 11) is 0. The van der Waals surface area contributed by atoms with Crippen LogP contribution in [0.5, 0.6) is 0 Å². The molecule has 0 aromatic heterocycles. The van der Waals surface area contributed by atoms with Gasteiger partial charge < -0.3 is 15.3 Å². The zero-order chi connectivity index (χ0) is 12.0. The summed E-state index contributed by atoms with van der Waals surface area (Å²) in [5.41, 5.74) is 0. The molecule has 2 atom stereocenters. The van der Waals surface area contributed by atoms with Crippen molar-refractivity contribution in [3.05, 3.63) is 0 Å². The summed E-state index contributed by atoms with van der Waals surface area (Å²) in [6.07, 6.45) is 2.48. The molecule has 16 heavy (non-hydrogen) atoms. The van der Waals surface area contributed by atoms with Crippen molar-refractivity contribution in [1.82, 2.24) is 10.2 Å². The van der Waals surface area contributed by atoms with Gasteiger partial charge >= 0.3 is 0 Å². The highest BCUT2D eigenvalue weighted by molar-refractivity contribution is 5.78. The molecule has 4 nitrogen and oxygen atoms in total. The van der Waals surface area contributed by atoms with Gasteiger partial charge in [-0.15, -0.1) is 0 Å². The van der Waals surface area contributed by atoms with E-state index in [4.69, 9.17) is 0 Å². The Morgan fingerprint density at radius 2 is 2.31 bits per heavy atom. The highest BCUT2D eigenvalue weighted by atomic mass is 16.3. The first kappa shape index (κ1) is 13.5. The van der Waals surface area contributed by atoms with Gasteiger partial charge in [0.2, 0.25) is 5.91 Å². The fourth-order valence-corrected chi connectivity index (χ4v) is 2.26. The van der Waals surface area contributed by atoms with E-state index in [0.29, 0.717) is 25.4 Å². The van der Waals surface area contributed by atoms with Gasteiger partial charge in [-0.25, -0.2) is 0 Å². The van der Waals surface area contributed by atoms with Crippen molar-refractivity contribution in [1.29, 1.82) is 0 Å². The van der Waals surface area contributed by atoms with Gasteiger partial charge in [0.15, 0.2) is 0 Å². The Balaban J connectivity index is 2.29. The number of nitrogens with one attached hydrogen (secondary N) is 1. The van der Waals surface area contributed by atoms with Crippen molar-refractivity contribution >= 4 is 5.91 Å². The maximum Gasteiger partial charge on any atom is 0.223 e. The summed E-state index contributed by atoms with van der Waals surface area (Å²) in [6, 6.07) is 0. The smallest absolute Gasteiger partial charge is 0.223 e. The first-order valence-corrected chi connectivity index (χ1v) is 6.33. The minimum atomic E-state index is -0.440. The van der Waals surface area contributed by atoms with Crippen molar-refractivity contribution in [2.24, 2.45) is 5.92 Å². The summed E-state index contributed by atoms with van der Waals surface area (Å²) in [5.74, 6) is 0.706. The molecule has 1 saturated heterocycles. The van der Waals surface area contributed by atoms with Crippen LogP contribution in [0.1, 0.15) is 33.1 Å². The van der Waals surface area contributed by atoms with Gasteiger partial charge in [-0.1, -0.05) is 20.3 Å². The van der Waals surface area contributed by atoms with Crippen LogP contribution >= 0.6 is 0 Å². The van der Waals surface area contributed by atoms with Gasteiger partial charge in [0.1, 0.15) is 0 Å². The molecule has 0 aliphatic carbocycles. The minimum absolute atomic E-state index is 0.203. The van der Waals surface area contributed by atoms with E-state index < -0.39 is 6.10 Å². The van der Waals surface area contributed by atoms with Crippen LogP contribution in [0.25, 0.3) is 0 Å².